The Morgan fingerprint density at radius 1 is 1.29 bits per heavy atom. The van der Waals surface area contributed by atoms with E-state index in [1.54, 1.807) is 6.07 Å². The molecule has 0 saturated heterocycles. The second-order valence-electron chi connectivity index (χ2n) is 3.14. The first kappa shape index (κ1) is 13.8. The molecule has 0 aromatic heterocycles. The SMILES string of the molecule is C=C(Br)C(=O)OC(c1ccccc1)C(F)(F)F. The van der Waals surface area contributed by atoms with Crippen LogP contribution in [0, 0.1) is 0 Å². The Bertz CT molecular complexity index is 414. The van der Waals surface area contributed by atoms with Gasteiger partial charge in [0.15, 0.2) is 0 Å². The number of alkyl halides is 3. The second kappa shape index (κ2) is 5.35. The lowest BCUT2D eigenvalue weighted by Crippen LogP contribution is -2.26. The topological polar surface area (TPSA) is 26.3 Å². The van der Waals surface area contributed by atoms with Crippen LogP contribution in [0.3, 0.4) is 0 Å². The molecule has 0 heterocycles. The highest BCUT2D eigenvalue weighted by atomic mass is 79.9. The van der Waals surface area contributed by atoms with Crippen molar-refractivity contribution in [3.8, 4) is 0 Å². The number of rotatable bonds is 3. The van der Waals surface area contributed by atoms with Crippen molar-refractivity contribution in [2.45, 2.75) is 12.3 Å². The summed E-state index contributed by atoms with van der Waals surface area (Å²) in [6, 6.07) is 6.92. The lowest BCUT2D eigenvalue weighted by Gasteiger charge is -2.20. The molecule has 0 aliphatic rings. The average Bonchev–Trinajstić information content (AvgIpc) is 2.25. The normalized spacial score (nSPS) is 12.9. The minimum Gasteiger partial charge on any atom is -0.444 e. The van der Waals surface area contributed by atoms with Gasteiger partial charge < -0.3 is 4.74 Å². The Morgan fingerprint density at radius 2 is 1.82 bits per heavy atom. The maximum Gasteiger partial charge on any atom is 0.429 e. The summed E-state index contributed by atoms with van der Waals surface area (Å²) in [5.74, 6) is -1.14. The van der Waals surface area contributed by atoms with E-state index in [0.29, 0.717) is 0 Å². The number of carbonyl (C=O) groups is 1. The van der Waals surface area contributed by atoms with Crippen molar-refractivity contribution >= 4 is 21.9 Å². The van der Waals surface area contributed by atoms with E-state index in [-0.39, 0.29) is 10.0 Å². The molecule has 1 rings (SSSR count). The van der Waals surface area contributed by atoms with Gasteiger partial charge in [0.05, 0.1) is 4.48 Å². The summed E-state index contributed by atoms with van der Waals surface area (Å²) >= 11 is 2.67. The van der Waals surface area contributed by atoms with Crippen molar-refractivity contribution in [1.82, 2.24) is 0 Å². The van der Waals surface area contributed by atoms with Crippen LogP contribution in [0.15, 0.2) is 41.4 Å². The minimum absolute atomic E-state index is 0.137. The number of ether oxygens (including phenoxy) is 1. The first-order valence-corrected chi connectivity index (χ1v) is 5.28. The number of esters is 1. The van der Waals surface area contributed by atoms with Gasteiger partial charge >= 0.3 is 12.1 Å². The Morgan fingerprint density at radius 3 is 2.24 bits per heavy atom. The van der Waals surface area contributed by atoms with Crippen LogP contribution >= 0.6 is 15.9 Å². The highest BCUT2D eigenvalue weighted by Crippen LogP contribution is 2.36. The van der Waals surface area contributed by atoms with Crippen LogP contribution in [0.25, 0.3) is 0 Å². The first-order valence-electron chi connectivity index (χ1n) is 4.49. The molecule has 0 amide bonds. The van der Waals surface area contributed by atoms with Crippen LogP contribution in [-0.4, -0.2) is 12.1 Å². The number of carbonyl (C=O) groups excluding carboxylic acids is 1. The van der Waals surface area contributed by atoms with Gasteiger partial charge in [-0.25, -0.2) is 4.79 Å². The van der Waals surface area contributed by atoms with E-state index >= 15 is 0 Å². The average molecular weight is 309 g/mol. The van der Waals surface area contributed by atoms with Crippen molar-refractivity contribution in [1.29, 1.82) is 0 Å². The Kier molecular flexibility index (Phi) is 4.34. The van der Waals surface area contributed by atoms with E-state index in [0.717, 1.165) is 0 Å². The van der Waals surface area contributed by atoms with Gasteiger partial charge in [0.2, 0.25) is 6.10 Å². The molecule has 2 nitrogen and oxygen atoms in total. The van der Waals surface area contributed by atoms with Gasteiger partial charge in [0.1, 0.15) is 0 Å². The van der Waals surface area contributed by atoms with Crippen molar-refractivity contribution < 1.29 is 22.7 Å². The van der Waals surface area contributed by atoms with Gasteiger partial charge in [0.25, 0.3) is 0 Å². The quantitative estimate of drug-likeness (QED) is 0.628. The Hall–Kier alpha value is -1.30. The van der Waals surface area contributed by atoms with Crippen molar-refractivity contribution in [3.63, 3.8) is 0 Å². The largest absolute Gasteiger partial charge is 0.444 e. The van der Waals surface area contributed by atoms with Crippen LogP contribution in [-0.2, 0) is 9.53 Å². The summed E-state index contributed by atoms with van der Waals surface area (Å²) in [6.45, 7) is 3.16. The van der Waals surface area contributed by atoms with Gasteiger partial charge in [0, 0.05) is 5.56 Å². The molecule has 1 aromatic carbocycles. The molecule has 0 radical (unpaired) electrons. The zero-order valence-electron chi connectivity index (χ0n) is 8.50. The molecule has 1 aromatic rings. The molecule has 6 heteroatoms. The summed E-state index contributed by atoms with van der Waals surface area (Å²) in [4.78, 5) is 11.1. The molecule has 0 fully saturated rings. The molecule has 17 heavy (non-hydrogen) atoms. The summed E-state index contributed by atoms with van der Waals surface area (Å²) < 4.78 is 42.2. The molecule has 92 valence electrons. The fourth-order valence-electron chi connectivity index (χ4n) is 1.12. The fraction of sp³-hybridized carbons (Fsp3) is 0.182. The first-order chi connectivity index (χ1) is 7.82. The number of hydrogen-bond donors (Lipinski definition) is 0. The van der Waals surface area contributed by atoms with Crippen LogP contribution < -0.4 is 0 Å². The summed E-state index contributed by atoms with van der Waals surface area (Å²) in [6.07, 6.45) is -6.95. The van der Waals surface area contributed by atoms with E-state index in [2.05, 4.69) is 27.2 Å². The van der Waals surface area contributed by atoms with E-state index < -0.39 is 18.2 Å². The maximum absolute atomic E-state index is 12.7. The van der Waals surface area contributed by atoms with E-state index in [1.165, 1.54) is 24.3 Å². The fourth-order valence-corrected chi connectivity index (χ4v) is 1.22. The van der Waals surface area contributed by atoms with Crippen molar-refractivity contribution in [3.05, 3.63) is 47.0 Å². The zero-order chi connectivity index (χ0) is 13.1. The van der Waals surface area contributed by atoms with Gasteiger partial charge in [-0.15, -0.1) is 0 Å². The smallest absolute Gasteiger partial charge is 0.429 e. The van der Waals surface area contributed by atoms with Crippen LogP contribution in [0.4, 0.5) is 13.2 Å². The van der Waals surface area contributed by atoms with Crippen LogP contribution in [0.1, 0.15) is 11.7 Å². The van der Waals surface area contributed by atoms with Crippen molar-refractivity contribution in [2.75, 3.05) is 0 Å². The summed E-state index contributed by atoms with van der Waals surface area (Å²) in [7, 11) is 0. The highest BCUT2D eigenvalue weighted by Gasteiger charge is 2.44. The zero-order valence-corrected chi connectivity index (χ0v) is 10.1. The van der Waals surface area contributed by atoms with E-state index in [9.17, 15) is 18.0 Å². The standard InChI is InChI=1S/C11H8BrF3O2/c1-7(12)10(16)17-9(11(13,14)15)8-5-3-2-4-6-8/h2-6,9H,1H2. The second-order valence-corrected chi connectivity index (χ2v) is 4.10. The predicted molar refractivity (Wildman–Crippen MR) is 59.4 cm³/mol. The third-order valence-corrected chi connectivity index (χ3v) is 2.17. The third kappa shape index (κ3) is 3.89. The van der Waals surface area contributed by atoms with Gasteiger partial charge in [-0.3, -0.25) is 0 Å². The van der Waals surface area contributed by atoms with E-state index in [4.69, 9.17) is 0 Å². The molecule has 0 N–H and O–H groups in total. The van der Waals surface area contributed by atoms with Gasteiger partial charge in [-0.05, 0) is 15.9 Å². The molecule has 0 aliphatic heterocycles. The Labute approximate surface area is 104 Å². The number of benzene rings is 1. The van der Waals surface area contributed by atoms with E-state index in [1.807, 2.05) is 0 Å². The van der Waals surface area contributed by atoms with Crippen LogP contribution in [0.2, 0.25) is 0 Å². The van der Waals surface area contributed by atoms with Crippen molar-refractivity contribution in [2.24, 2.45) is 0 Å². The monoisotopic (exact) mass is 308 g/mol. The van der Waals surface area contributed by atoms with Crippen LogP contribution in [0.5, 0.6) is 0 Å². The summed E-state index contributed by atoms with van der Waals surface area (Å²) in [5, 5.41) is 0. The minimum atomic E-state index is -4.67. The lowest BCUT2D eigenvalue weighted by atomic mass is 10.1. The third-order valence-electron chi connectivity index (χ3n) is 1.85. The molecule has 0 spiro atoms. The Balaban J connectivity index is 2.98. The lowest BCUT2D eigenvalue weighted by molar-refractivity contribution is -0.221. The number of hydrogen-bond acceptors (Lipinski definition) is 2. The molecule has 0 aliphatic carbocycles. The van der Waals surface area contributed by atoms with Gasteiger partial charge in [-0.2, -0.15) is 13.2 Å². The molecular formula is C11H8BrF3O2. The number of halogens is 4. The van der Waals surface area contributed by atoms with Gasteiger partial charge in [-0.1, -0.05) is 36.9 Å². The highest BCUT2D eigenvalue weighted by molar-refractivity contribution is 9.12. The maximum atomic E-state index is 12.7. The molecule has 1 atom stereocenters. The molecular weight excluding hydrogens is 301 g/mol. The predicted octanol–water partition coefficient (Wildman–Crippen LogP) is 3.74. The molecule has 0 saturated carbocycles. The molecule has 1 unspecified atom stereocenters. The summed E-state index contributed by atoms with van der Waals surface area (Å²) in [5.41, 5.74) is -0.137. The molecule has 0 bridgehead atoms.